The summed E-state index contributed by atoms with van der Waals surface area (Å²) in [5.74, 6) is -1.47. The summed E-state index contributed by atoms with van der Waals surface area (Å²) in [5, 5.41) is 11.6. The Morgan fingerprint density at radius 2 is 2.31 bits per heavy atom. The van der Waals surface area contributed by atoms with Gasteiger partial charge in [0.15, 0.2) is 0 Å². The first-order valence-corrected chi connectivity index (χ1v) is 5.08. The standard InChI is InChI=1S/C11H15FN2O2/c1-2-7(6-13)14-11(16)9-4-3-8(15)5-10(9)12/h3-5,7,15H,2,6,13H2,1H3,(H,14,16). The lowest BCUT2D eigenvalue weighted by molar-refractivity contribution is 0.0933. The molecule has 1 unspecified atom stereocenters. The van der Waals surface area contributed by atoms with Crippen LogP contribution >= 0.6 is 0 Å². The Labute approximate surface area is 93.3 Å². The van der Waals surface area contributed by atoms with E-state index in [1.54, 1.807) is 0 Å². The minimum Gasteiger partial charge on any atom is -0.508 e. The minimum atomic E-state index is -0.746. The van der Waals surface area contributed by atoms with Crippen LogP contribution in [0.25, 0.3) is 0 Å². The molecule has 0 aliphatic carbocycles. The number of hydrogen-bond donors (Lipinski definition) is 3. The molecule has 1 amide bonds. The normalized spacial score (nSPS) is 12.2. The highest BCUT2D eigenvalue weighted by molar-refractivity contribution is 5.94. The fourth-order valence-corrected chi connectivity index (χ4v) is 1.28. The van der Waals surface area contributed by atoms with Gasteiger partial charge in [0.05, 0.1) is 5.56 Å². The van der Waals surface area contributed by atoms with E-state index in [-0.39, 0.29) is 17.4 Å². The highest BCUT2D eigenvalue weighted by Crippen LogP contribution is 2.14. The molecule has 5 heteroatoms. The summed E-state index contributed by atoms with van der Waals surface area (Å²) >= 11 is 0. The number of nitrogens with two attached hydrogens (primary N) is 1. The molecule has 1 aromatic rings. The highest BCUT2D eigenvalue weighted by atomic mass is 19.1. The zero-order valence-corrected chi connectivity index (χ0v) is 9.03. The second kappa shape index (κ2) is 5.46. The molecule has 0 saturated carbocycles. The summed E-state index contributed by atoms with van der Waals surface area (Å²) in [4.78, 5) is 11.6. The van der Waals surface area contributed by atoms with Crippen LogP contribution in [0.1, 0.15) is 23.7 Å². The van der Waals surface area contributed by atoms with Crippen molar-refractivity contribution in [2.45, 2.75) is 19.4 Å². The van der Waals surface area contributed by atoms with Crippen LogP contribution in [0.15, 0.2) is 18.2 Å². The van der Waals surface area contributed by atoms with Crippen molar-refractivity contribution >= 4 is 5.91 Å². The fraction of sp³-hybridized carbons (Fsp3) is 0.364. The molecule has 4 N–H and O–H groups in total. The number of benzene rings is 1. The van der Waals surface area contributed by atoms with Gasteiger partial charge in [0.1, 0.15) is 11.6 Å². The number of carbonyl (C=O) groups excluding carboxylic acids is 1. The first-order chi connectivity index (χ1) is 7.58. The number of carbonyl (C=O) groups is 1. The van der Waals surface area contributed by atoms with Gasteiger partial charge in [-0.1, -0.05) is 6.92 Å². The van der Waals surface area contributed by atoms with Crippen LogP contribution in [-0.4, -0.2) is 23.6 Å². The Kier molecular flexibility index (Phi) is 4.25. The van der Waals surface area contributed by atoms with Gasteiger partial charge >= 0.3 is 0 Å². The molecular weight excluding hydrogens is 211 g/mol. The van der Waals surface area contributed by atoms with Gasteiger partial charge in [-0.3, -0.25) is 4.79 Å². The lowest BCUT2D eigenvalue weighted by Gasteiger charge is -2.14. The molecule has 0 spiro atoms. The zero-order chi connectivity index (χ0) is 12.1. The van der Waals surface area contributed by atoms with Crippen molar-refractivity contribution < 1.29 is 14.3 Å². The number of phenolic OH excluding ortho intramolecular Hbond substituents is 1. The fourth-order valence-electron chi connectivity index (χ4n) is 1.28. The third-order valence-corrected chi connectivity index (χ3v) is 2.31. The second-order valence-corrected chi connectivity index (χ2v) is 3.48. The smallest absolute Gasteiger partial charge is 0.254 e. The van der Waals surface area contributed by atoms with Gasteiger partial charge in [-0.2, -0.15) is 0 Å². The Bertz CT molecular complexity index is 378. The summed E-state index contributed by atoms with van der Waals surface area (Å²) in [5.41, 5.74) is 5.33. The Morgan fingerprint density at radius 3 is 2.81 bits per heavy atom. The van der Waals surface area contributed by atoms with Crippen molar-refractivity contribution in [3.05, 3.63) is 29.6 Å². The van der Waals surface area contributed by atoms with Crippen molar-refractivity contribution in [1.29, 1.82) is 0 Å². The van der Waals surface area contributed by atoms with E-state index in [0.29, 0.717) is 13.0 Å². The van der Waals surface area contributed by atoms with E-state index in [0.717, 1.165) is 6.07 Å². The quantitative estimate of drug-likeness (QED) is 0.717. The molecule has 0 aliphatic rings. The molecule has 16 heavy (non-hydrogen) atoms. The molecule has 0 bridgehead atoms. The third kappa shape index (κ3) is 2.93. The number of nitrogens with one attached hydrogen (secondary N) is 1. The maximum absolute atomic E-state index is 13.3. The van der Waals surface area contributed by atoms with Crippen molar-refractivity contribution in [2.24, 2.45) is 5.73 Å². The summed E-state index contributed by atoms with van der Waals surface area (Å²) in [7, 11) is 0. The van der Waals surface area contributed by atoms with Crippen molar-refractivity contribution in [1.82, 2.24) is 5.32 Å². The number of amides is 1. The Morgan fingerprint density at radius 1 is 1.62 bits per heavy atom. The number of aromatic hydroxyl groups is 1. The van der Waals surface area contributed by atoms with Gasteiger partial charge in [0.2, 0.25) is 0 Å². The van der Waals surface area contributed by atoms with E-state index in [4.69, 9.17) is 10.8 Å². The molecule has 0 radical (unpaired) electrons. The monoisotopic (exact) mass is 226 g/mol. The summed E-state index contributed by atoms with van der Waals surface area (Å²) in [6.45, 7) is 2.19. The zero-order valence-electron chi connectivity index (χ0n) is 9.03. The van der Waals surface area contributed by atoms with E-state index >= 15 is 0 Å². The molecule has 1 rings (SSSR count). The van der Waals surface area contributed by atoms with Gasteiger partial charge in [-0.15, -0.1) is 0 Å². The van der Waals surface area contributed by atoms with Crippen LogP contribution in [-0.2, 0) is 0 Å². The maximum atomic E-state index is 13.3. The van der Waals surface area contributed by atoms with Crippen LogP contribution in [0, 0.1) is 5.82 Å². The molecule has 4 nitrogen and oxygen atoms in total. The SMILES string of the molecule is CCC(CN)NC(=O)c1ccc(O)cc1F. The first-order valence-electron chi connectivity index (χ1n) is 5.08. The average molecular weight is 226 g/mol. The van der Waals surface area contributed by atoms with Gasteiger partial charge in [0, 0.05) is 18.7 Å². The maximum Gasteiger partial charge on any atom is 0.254 e. The molecule has 0 aliphatic heterocycles. The predicted molar refractivity (Wildman–Crippen MR) is 58.7 cm³/mol. The van der Waals surface area contributed by atoms with Crippen molar-refractivity contribution in [3.63, 3.8) is 0 Å². The number of halogens is 1. The summed E-state index contributed by atoms with van der Waals surface area (Å²) in [6, 6.07) is 3.24. The minimum absolute atomic E-state index is 0.0929. The number of rotatable bonds is 4. The van der Waals surface area contributed by atoms with Gasteiger partial charge < -0.3 is 16.2 Å². The Hall–Kier alpha value is -1.62. The van der Waals surface area contributed by atoms with Crippen LogP contribution in [0.4, 0.5) is 4.39 Å². The molecular formula is C11H15FN2O2. The highest BCUT2D eigenvalue weighted by Gasteiger charge is 2.14. The van der Waals surface area contributed by atoms with E-state index in [2.05, 4.69) is 5.32 Å². The molecule has 0 fully saturated rings. The summed E-state index contributed by atoms with van der Waals surface area (Å²) < 4.78 is 13.3. The Balaban J connectivity index is 2.80. The number of phenols is 1. The van der Waals surface area contributed by atoms with Crippen LogP contribution in [0.5, 0.6) is 5.75 Å². The lowest BCUT2D eigenvalue weighted by Crippen LogP contribution is -2.39. The largest absolute Gasteiger partial charge is 0.508 e. The molecule has 0 heterocycles. The van der Waals surface area contributed by atoms with Crippen molar-refractivity contribution in [3.8, 4) is 5.75 Å². The topological polar surface area (TPSA) is 75.3 Å². The van der Waals surface area contributed by atoms with E-state index < -0.39 is 11.7 Å². The second-order valence-electron chi connectivity index (χ2n) is 3.48. The van der Waals surface area contributed by atoms with Crippen molar-refractivity contribution in [2.75, 3.05) is 6.54 Å². The van der Waals surface area contributed by atoms with Crippen LogP contribution in [0.2, 0.25) is 0 Å². The van der Waals surface area contributed by atoms with E-state index in [1.807, 2.05) is 6.92 Å². The van der Waals surface area contributed by atoms with E-state index in [1.165, 1.54) is 12.1 Å². The lowest BCUT2D eigenvalue weighted by atomic mass is 10.1. The predicted octanol–water partition coefficient (Wildman–Crippen LogP) is 0.998. The van der Waals surface area contributed by atoms with E-state index in [9.17, 15) is 9.18 Å². The van der Waals surface area contributed by atoms with Gasteiger partial charge in [0.25, 0.3) is 5.91 Å². The van der Waals surface area contributed by atoms with Gasteiger partial charge in [-0.05, 0) is 18.6 Å². The molecule has 88 valence electrons. The molecule has 0 aromatic heterocycles. The molecule has 1 aromatic carbocycles. The molecule has 1 atom stereocenters. The average Bonchev–Trinajstić information content (AvgIpc) is 2.25. The van der Waals surface area contributed by atoms with Crippen LogP contribution < -0.4 is 11.1 Å². The number of hydrogen-bond acceptors (Lipinski definition) is 3. The first kappa shape index (κ1) is 12.4. The van der Waals surface area contributed by atoms with Gasteiger partial charge in [-0.25, -0.2) is 4.39 Å². The third-order valence-electron chi connectivity index (χ3n) is 2.31. The van der Waals surface area contributed by atoms with Crippen LogP contribution in [0.3, 0.4) is 0 Å². The molecule has 0 saturated heterocycles. The summed E-state index contributed by atoms with van der Waals surface area (Å²) in [6.07, 6.45) is 0.682.